The average molecular weight is 356 g/mol. The molecular weight excluding hydrogens is 344 g/mol. The number of hydrogen-bond acceptors (Lipinski definition) is 6. The Morgan fingerprint density at radius 3 is 2.80 bits per heavy atom. The van der Waals surface area contributed by atoms with Crippen molar-refractivity contribution < 1.29 is 9.72 Å². The smallest absolute Gasteiger partial charge is 0.270 e. The first kappa shape index (κ1) is 16.5. The molecule has 0 spiro atoms. The molecule has 0 aliphatic rings. The standard InChI is InChI=1S/C16H12N4O4S/c1-8-11(6-12(14(17)21)15(22)18-8)13-7-25-16(19-13)9-3-2-4-10(5-9)20(23)24/h2-7H,1H3,(H2,17,21)(H,18,22). The van der Waals surface area contributed by atoms with E-state index in [4.69, 9.17) is 5.73 Å². The van der Waals surface area contributed by atoms with Crippen LogP contribution in [0.2, 0.25) is 0 Å². The van der Waals surface area contributed by atoms with Crippen LogP contribution in [-0.4, -0.2) is 20.8 Å². The number of hydrogen-bond donors (Lipinski definition) is 2. The highest BCUT2D eigenvalue weighted by atomic mass is 32.1. The number of amides is 1. The number of nitrogens with two attached hydrogens (primary N) is 1. The normalized spacial score (nSPS) is 10.6. The lowest BCUT2D eigenvalue weighted by atomic mass is 10.1. The van der Waals surface area contributed by atoms with Crippen molar-refractivity contribution >= 4 is 22.9 Å². The number of pyridine rings is 1. The van der Waals surface area contributed by atoms with E-state index in [-0.39, 0.29) is 11.3 Å². The van der Waals surface area contributed by atoms with E-state index >= 15 is 0 Å². The molecule has 0 bridgehead atoms. The number of primary amides is 1. The van der Waals surface area contributed by atoms with E-state index in [0.29, 0.717) is 27.5 Å². The van der Waals surface area contributed by atoms with Gasteiger partial charge in [-0.3, -0.25) is 19.7 Å². The molecule has 1 amide bonds. The molecule has 0 aliphatic carbocycles. The number of carbonyl (C=O) groups is 1. The highest BCUT2D eigenvalue weighted by molar-refractivity contribution is 7.13. The number of aromatic nitrogens is 2. The molecule has 2 aromatic heterocycles. The van der Waals surface area contributed by atoms with E-state index in [1.165, 1.54) is 29.5 Å². The summed E-state index contributed by atoms with van der Waals surface area (Å²) in [6.07, 6.45) is 0. The van der Waals surface area contributed by atoms with Crippen molar-refractivity contribution in [3.63, 3.8) is 0 Å². The van der Waals surface area contributed by atoms with Crippen LogP contribution in [0.4, 0.5) is 5.69 Å². The molecule has 9 heteroatoms. The fraction of sp³-hybridized carbons (Fsp3) is 0.0625. The van der Waals surface area contributed by atoms with Gasteiger partial charge in [0.25, 0.3) is 17.2 Å². The Morgan fingerprint density at radius 1 is 1.36 bits per heavy atom. The number of thiazole rings is 1. The summed E-state index contributed by atoms with van der Waals surface area (Å²) in [4.78, 5) is 40.6. The minimum absolute atomic E-state index is 0.0227. The number of nitrogens with one attached hydrogen (secondary N) is 1. The fourth-order valence-electron chi connectivity index (χ4n) is 2.35. The first-order valence-corrected chi connectivity index (χ1v) is 7.99. The summed E-state index contributed by atoms with van der Waals surface area (Å²) in [6, 6.07) is 7.57. The average Bonchev–Trinajstić information content (AvgIpc) is 3.04. The minimum atomic E-state index is -0.823. The predicted molar refractivity (Wildman–Crippen MR) is 93.5 cm³/mol. The molecule has 0 fully saturated rings. The van der Waals surface area contributed by atoms with Crippen molar-refractivity contribution in [2.75, 3.05) is 0 Å². The second-order valence-electron chi connectivity index (χ2n) is 5.26. The number of H-pyrrole nitrogens is 1. The molecule has 25 heavy (non-hydrogen) atoms. The number of non-ortho nitro benzene ring substituents is 1. The minimum Gasteiger partial charge on any atom is -0.365 e. The predicted octanol–water partition coefficient (Wildman–Crippen LogP) is 2.48. The third kappa shape index (κ3) is 3.17. The summed E-state index contributed by atoms with van der Waals surface area (Å²) in [5, 5.41) is 13.2. The van der Waals surface area contributed by atoms with Crippen molar-refractivity contribution in [2.45, 2.75) is 6.92 Å². The largest absolute Gasteiger partial charge is 0.365 e. The highest BCUT2D eigenvalue weighted by Gasteiger charge is 2.15. The Morgan fingerprint density at radius 2 is 2.12 bits per heavy atom. The van der Waals surface area contributed by atoms with E-state index in [1.54, 1.807) is 24.4 Å². The van der Waals surface area contributed by atoms with Gasteiger partial charge in [-0.1, -0.05) is 12.1 Å². The van der Waals surface area contributed by atoms with Crippen LogP contribution < -0.4 is 11.3 Å². The highest BCUT2D eigenvalue weighted by Crippen LogP contribution is 2.31. The van der Waals surface area contributed by atoms with E-state index in [0.717, 1.165) is 0 Å². The van der Waals surface area contributed by atoms with E-state index < -0.39 is 16.4 Å². The fourth-order valence-corrected chi connectivity index (χ4v) is 3.17. The first-order valence-electron chi connectivity index (χ1n) is 7.11. The summed E-state index contributed by atoms with van der Waals surface area (Å²) >= 11 is 1.30. The summed E-state index contributed by atoms with van der Waals surface area (Å²) in [7, 11) is 0. The lowest BCUT2D eigenvalue weighted by Crippen LogP contribution is -2.24. The van der Waals surface area contributed by atoms with E-state index in [2.05, 4.69) is 9.97 Å². The Balaban J connectivity index is 2.07. The van der Waals surface area contributed by atoms with Crippen LogP contribution in [0.25, 0.3) is 21.8 Å². The van der Waals surface area contributed by atoms with E-state index in [9.17, 15) is 19.7 Å². The topological polar surface area (TPSA) is 132 Å². The van der Waals surface area contributed by atoms with Crippen molar-refractivity contribution in [1.29, 1.82) is 0 Å². The van der Waals surface area contributed by atoms with Crippen LogP contribution in [0.3, 0.4) is 0 Å². The van der Waals surface area contributed by atoms with Gasteiger partial charge >= 0.3 is 0 Å². The number of rotatable bonds is 4. The number of nitro groups is 1. The van der Waals surface area contributed by atoms with Gasteiger partial charge in [0.2, 0.25) is 0 Å². The van der Waals surface area contributed by atoms with Crippen LogP contribution in [0, 0.1) is 17.0 Å². The van der Waals surface area contributed by atoms with Gasteiger partial charge in [-0.05, 0) is 13.0 Å². The molecule has 2 heterocycles. The number of aryl methyl sites for hydroxylation is 1. The molecule has 0 saturated heterocycles. The molecule has 0 aliphatic heterocycles. The SMILES string of the molecule is Cc1[nH]c(=O)c(C(N)=O)cc1-c1csc(-c2cccc([N+](=O)[O-])c2)n1. The summed E-state index contributed by atoms with van der Waals surface area (Å²) in [5.74, 6) is -0.823. The Labute approximate surface area is 145 Å². The zero-order chi connectivity index (χ0) is 18.1. The van der Waals surface area contributed by atoms with Crippen LogP contribution in [0.1, 0.15) is 16.1 Å². The second kappa shape index (κ2) is 6.29. The zero-order valence-corrected chi connectivity index (χ0v) is 13.8. The molecule has 3 N–H and O–H groups in total. The van der Waals surface area contributed by atoms with Crippen molar-refractivity contribution in [3.8, 4) is 21.8 Å². The van der Waals surface area contributed by atoms with Crippen molar-refractivity contribution in [1.82, 2.24) is 9.97 Å². The lowest BCUT2D eigenvalue weighted by molar-refractivity contribution is -0.384. The van der Waals surface area contributed by atoms with E-state index in [1.807, 2.05) is 0 Å². The molecule has 3 aromatic rings. The van der Waals surface area contributed by atoms with Crippen molar-refractivity contribution in [2.24, 2.45) is 5.73 Å². The maximum absolute atomic E-state index is 11.8. The second-order valence-corrected chi connectivity index (χ2v) is 6.12. The molecule has 1 aromatic carbocycles. The molecule has 3 rings (SSSR count). The third-order valence-electron chi connectivity index (χ3n) is 3.59. The van der Waals surface area contributed by atoms with Gasteiger partial charge in [0.15, 0.2) is 0 Å². The Hall–Kier alpha value is -3.33. The van der Waals surface area contributed by atoms with Gasteiger partial charge in [-0.25, -0.2) is 4.98 Å². The number of nitrogens with zero attached hydrogens (tertiary/aromatic N) is 2. The number of benzene rings is 1. The molecule has 0 radical (unpaired) electrons. The van der Waals surface area contributed by atoms with Crippen LogP contribution >= 0.6 is 11.3 Å². The van der Waals surface area contributed by atoms with Crippen LogP contribution in [-0.2, 0) is 0 Å². The lowest BCUT2D eigenvalue weighted by Gasteiger charge is -2.04. The maximum atomic E-state index is 11.8. The van der Waals surface area contributed by atoms with Gasteiger partial charge in [0.05, 0.1) is 10.6 Å². The van der Waals surface area contributed by atoms with Gasteiger partial charge in [-0.2, -0.15) is 0 Å². The van der Waals surface area contributed by atoms with Gasteiger partial charge < -0.3 is 10.7 Å². The number of nitro benzene ring substituents is 1. The molecule has 0 unspecified atom stereocenters. The molecule has 126 valence electrons. The first-order chi connectivity index (χ1) is 11.9. The summed E-state index contributed by atoms with van der Waals surface area (Å²) < 4.78 is 0. The van der Waals surface area contributed by atoms with Gasteiger partial charge in [-0.15, -0.1) is 11.3 Å². The monoisotopic (exact) mass is 356 g/mol. The maximum Gasteiger partial charge on any atom is 0.270 e. The molecule has 0 atom stereocenters. The molecule has 0 saturated carbocycles. The van der Waals surface area contributed by atoms with Gasteiger partial charge in [0, 0.05) is 34.3 Å². The molecular formula is C16H12N4O4S. The summed E-state index contributed by atoms with van der Waals surface area (Å²) in [5.41, 5.74) is 6.76. The number of aromatic amines is 1. The Bertz CT molecular complexity index is 1050. The Kier molecular flexibility index (Phi) is 4.15. The molecule has 8 nitrogen and oxygen atoms in total. The quantitative estimate of drug-likeness (QED) is 0.547. The van der Waals surface area contributed by atoms with Crippen molar-refractivity contribution in [3.05, 3.63) is 67.4 Å². The summed E-state index contributed by atoms with van der Waals surface area (Å²) in [6.45, 7) is 1.69. The number of carbonyl (C=O) groups excluding carboxylic acids is 1. The van der Waals surface area contributed by atoms with Crippen LogP contribution in [0.15, 0.2) is 40.5 Å². The van der Waals surface area contributed by atoms with Gasteiger partial charge in [0.1, 0.15) is 10.6 Å². The zero-order valence-electron chi connectivity index (χ0n) is 13.0. The van der Waals surface area contributed by atoms with Crippen LogP contribution in [0.5, 0.6) is 0 Å². The third-order valence-corrected chi connectivity index (χ3v) is 4.48.